The lowest BCUT2D eigenvalue weighted by Gasteiger charge is -2.29. The molecule has 0 aromatic heterocycles. The highest BCUT2D eigenvalue weighted by Crippen LogP contribution is 2.20. The molecule has 0 bridgehead atoms. The van der Waals surface area contributed by atoms with E-state index in [-0.39, 0.29) is 28.9 Å². The highest BCUT2D eigenvalue weighted by atomic mass is 32.2. The number of anilines is 2. The maximum absolute atomic E-state index is 12.9. The minimum atomic E-state index is -3.57. The first-order chi connectivity index (χ1) is 16.2. The summed E-state index contributed by atoms with van der Waals surface area (Å²) in [4.78, 5) is 27.8. The smallest absolute Gasteiger partial charge is 0.246 e. The van der Waals surface area contributed by atoms with E-state index in [4.69, 9.17) is 4.74 Å². The van der Waals surface area contributed by atoms with Gasteiger partial charge in [-0.1, -0.05) is 32.0 Å². The van der Waals surface area contributed by atoms with Crippen LogP contribution in [0, 0.1) is 5.92 Å². The molecule has 9 heteroatoms. The molecular formula is C25H33N3O5S. The molecule has 8 nitrogen and oxygen atoms in total. The number of morpholine rings is 1. The van der Waals surface area contributed by atoms with E-state index < -0.39 is 21.8 Å². The Morgan fingerprint density at radius 1 is 1.00 bits per heavy atom. The molecule has 34 heavy (non-hydrogen) atoms. The van der Waals surface area contributed by atoms with Crippen molar-refractivity contribution < 1.29 is 22.7 Å². The highest BCUT2D eigenvalue weighted by Gasteiger charge is 2.24. The van der Waals surface area contributed by atoms with E-state index in [1.54, 1.807) is 18.2 Å². The fourth-order valence-corrected chi connectivity index (χ4v) is 5.01. The second kappa shape index (κ2) is 12.0. The lowest BCUT2D eigenvalue weighted by molar-refractivity contribution is -0.126. The summed E-state index contributed by atoms with van der Waals surface area (Å²) in [5, 5.41) is 5.58. The topological polar surface area (TPSA) is 105 Å². The number of nitrogens with one attached hydrogen (secondary N) is 2. The van der Waals surface area contributed by atoms with Crippen molar-refractivity contribution in [2.75, 3.05) is 42.3 Å². The summed E-state index contributed by atoms with van der Waals surface area (Å²) in [5.74, 6) is -0.954. The van der Waals surface area contributed by atoms with Crippen LogP contribution in [-0.4, -0.2) is 58.3 Å². The fraction of sp³-hybridized carbons (Fsp3) is 0.440. The van der Waals surface area contributed by atoms with Crippen molar-refractivity contribution in [2.24, 2.45) is 5.92 Å². The van der Waals surface area contributed by atoms with Gasteiger partial charge in [-0.2, -0.15) is 0 Å². The number of rotatable bonds is 10. The van der Waals surface area contributed by atoms with Crippen molar-refractivity contribution in [2.45, 2.75) is 37.6 Å². The predicted octanol–water partition coefficient (Wildman–Crippen LogP) is 2.86. The number of benzene rings is 2. The number of hydrogen-bond donors (Lipinski definition) is 2. The molecule has 1 atom stereocenters. The lowest BCUT2D eigenvalue weighted by atomic mass is 10.0. The first-order valence-corrected chi connectivity index (χ1v) is 13.2. The average Bonchev–Trinajstić information content (AvgIpc) is 2.84. The molecule has 1 aliphatic rings. The Morgan fingerprint density at radius 2 is 1.65 bits per heavy atom. The molecule has 2 aromatic rings. The number of sulfone groups is 1. The third kappa shape index (κ3) is 7.56. The van der Waals surface area contributed by atoms with Crippen LogP contribution in [-0.2, 0) is 24.2 Å². The molecule has 1 fully saturated rings. The zero-order chi connectivity index (χ0) is 24.6. The van der Waals surface area contributed by atoms with E-state index in [2.05, 4.69) is 15.5 Å². The van der Waals surface area contributed by atoms with Gasteiger partial charge in [0.05, 0.1) is 23.9 Å². The van der Waals surface area contributed by atoms with Gasteiger partial charge in [0, 0.05) is 30.9 Å². The van der Waals surface area contributed by atoms with Gasteiger partial charge in [-0.25, -0.2) is 8.42 Å². The van der Waals surface area contributed by atoms with Gasteiger partial charge in [0.25, 0.3) is 0 Å². The third-order valence-electron chi connectivity index (χ3n) is 5.57. The zero-order valence-corrected chi connectivity index (χ0v) is 20.5. The van der Waals surface area contributed by atoms with Gasteiger partial charge in [0.2, 0.25) is 11.8 Å². The minimum Gasteiger partial charge on any atom is -0.378 e. The highest BCUT2D eigenvalue weighted by molar-refractivity contribution is 7.91. The summed E-state index contributed by atoms with van der Waals surface area (Å²) in [7, 11) is -3.57. The first kappa shape index (κ1) is 25.7. The van der Waals surface area contributed by atoms with Gasteiger partial charge in [0.15, 0.2) is 9.84 Å². The van der Waals surface area contributed by atoms with Crippen LogP contribution in [0.3, 0.4) is 0 Å². The van der Waals surface area contributed by atoms with E-state index in [1.807, 2.05) is 38.1 Å². The quantitative estimate of drug-likeness (QED) is 0.534. The largest absolute Gasteiger partial charge is 0.378 e. The Hall–Kier alpha value is -2.91. The Balaban J connectivity index is 1.57. The van der Waals surface area contributed by atoms with Gasteiger partial charge in [-0.3, -0.25) is 9.59 Å². The van der Waals surface area contributed by atoms with Gasteiger partial charge in [-0.15, -0.1) is 0 Å². The number of carbonyl (C=O) groups excluding carboxylic acids is 2. The zero-order valence-electron chi connectivity index (χ0n) is 19.7. The molecule has 1 aliphatic heterocycles. The average molecular weight is 488 g/mol. The number of hydrogen-bond acceptors (Lipinski definition) is 6. The van der Waals surface area contributed by atoms with Crippen LogP contribution in [0.1, 0.15) is 26.7 Å². The monoisotopic (exact) mass is 487 g/mol. The van der Waals surface area contributed by atoms with Crippen LogP contribution in [0.15, 0.2) is 59.5 Å². The van der Waals surface area contributed by atoms with Crippen LogP contribution in [0.4, 0.5) is 11.4 Å². The van der Waals surface area contributed by atoms with Crippen LogP contribution >= 0.6 is 0 Å². The second-order valence-electron chi connectivity index (χ2n) is 8.77. The number of carbonyl (C=O) groups is 2. The van der Waals surface area contributed by atoms with E-state index in [1.165, 1.54) is 12.1 Å². The second-order valence-corrected chi connectivity index (χ2v) is 10.9. The molecule has 1 heterocycles. The van der Waals surface area contributed by atoms with Gasteiger partial charge < -0.3 is 20.3 Å². The maximum atomic E-state index is 12.9. The fourth-order valence-electron chi connectivity index (χ4n) is 3.75. The Bertz CT molecular complexity index is 1050. The van der Waals surface area contributed by atoms with Gasteiger partial charge >= 0.3 is 0 Å². The normalized spacial score (nSPS) is 15.1. The molecule has 2 N–H and O–H groups in total. The summed E-state index contributed by atoms with van der Waals surface area (Å²) < 4.78 is 30.3. The van der Waals surface area contributed by atoms with Crippen molar-refractivity contribution in [3.63, 3.8) is 0 Å². The van der Waals surface area contributed by atoms with Crippen LogP contribution in [0.2, 0.25) is 0 Å². The molecule has 0 aliphatic carbocycles. The number of ether oxygens (including phenoxy) is 1. The summed E-state index contributed by atoms with van der Waals surface area (Å²) in [6.07, 6.45) is 0.224. The molecule has 0 spiro atoms. The molecule has 1 saturated heterocycles. The third-order valence-corrected chi connectivity index (χ3v) is 7.30. The minimum absolute atomic E-state index is 0.160. The van der Waals surface area contributed by atoms with Crippen molar-refractivity contribution in [3.8, 4) is 0 Å². The molecule has 2 amide bonds. The molecular weight excluding hydrogens is 454 g/mol. The van der Waals surface area contributed by atoms with Gasteiger partial charge in [0.1, 0.15) is 6.04 Å². The van der Waals surface area contributed by atoms with Crippen molar-refractivity contribution in [3.05, 3.63) is 54.6 Å². The predicted molar refractivity (Wildman–Crippen MR) is 133 cm³/mol. The van der Waals surface area contributed by atoms with Gasteiger partial charge in [-0.05, 0) is 48.7 Å². The van der Waals surface area contributed by atoms with Crippen LogP contribution in [0.5, 0.6) is 0 Å². The molecule has 2 aromatic carbocycles. The summed E-state index contributed by atoms with van der Waals surface area (Å²) >= 11 is 0. The molecule has 184 valence electrons. The Labute approximate surface area is 201 Å². The first-order valence-electron chi connectivity index (χ1n) is 11.6. The van der Waals surface area contributed by atoms with Crippen LogP contribution < -0.4 is 15.5 Å². The van der Waals surface area contributed by atoms with Crippen LogP contribution in [0.25, 0.3) is 0 Å². The molecule has 0 saturated carbocycles. The number of nitrogens with zero attached hydrogens (tertiary/aromatic N) is 1. The standard InChI is InChI=1S/C25H33N3O5S/c1-19(2)18-23(27-24(29)12-17-34(31,32)22-6-4-3-5-7-22)25(30)26-20-8-10-21(11-9-20)28-13-15-33-16-14-28/h3-11,19,23H,12-18H2,1-2H3,(H,26,30)(H,27,29). The van der Waals surface area contributed by atoms with Crippen molar-refractivity contribution in [1.29, 1.82) is 0 Å². The number of amides is 2. The van der Waals surface area contributed by atoms with E-state index in [0.717, 1.165) is 18.8 Å². The Morgan fingerprint density at radius 3 is 2.26 bits per heavy atom. The van der Waals surface area contributed by atoms with Crippen molar-refractivity contribution >= 4 is 33.0 Å². The lowest BCUT2D eigenvalue weighted by Crippen LogP contribution is -2.45. The molecule has 1 unspecified atom stereocenters. The summed E-state index contributed by atoms with van der Waals surface area (Å²) in [6, 6.07) is 14.8. The van der Waals surface area contributed by atoms with E-state index >= 15 is 0 Å². The summed E-state index contributed by atoms with van der Waals surface area (Å²) in [5.41, 5.74) is 1.70. The van der Waals surface area contributed by atoms with E-state index in [0.29, 0.717) is 25.3 Å². The summed E-state index contributed by atoms with van der Waals surface area (Å²) in [6.45, 7) is 6.97. The maximum Gasteiger partial charge on any atom is 0.246 e. The molecule has 0 radical (unpaired) electrons. The van der Waals surface area contributed by atoms with E-state index in [9.17, 15) is 18.0 Å². The SMILES string of the molecule is CC(C)CC(NC(=O)CCS(=O)(=O)c1ccccc1)C(=O)Nc1ccc(N2CCOCC2)cc1. The Kier molecular flexibility index (Phi) is 9.06. The van der Waals surface area contributed by atoms with Crippen molar-refractivity contribution in [1.82, 2.24) is 5.32 Å². The molecule has 3 rings (SSSR count).